The Labute approximate surface area is 131 Å². The minimum absolute atomic E-state index is 0.0539. The van der Waals surface area contributed by atoms with Crippen LogP contribution >= 0.6 is 0 Å². The predicted molar refractivity (Wildman–Crippen MR) is 84.2 cm³/mol. The molecule has 1 fully saturated rings. The number of hydrogen-bond donors (Lipinski definition) is 3. The third kappa shape index (κ3) is 2.56. The van der Waals surface area contributed by atoms with Gasteiger partial charge in [0.15, 0.2) is 0 Å². The second-order valence-corrected chi connectivity index (χ2v) is 7.03. The molecule has 1 aliphatic carbocycles. The van der Waals surface area contributed by atoms with Crippen LogP contribution in [0, 0.1) is 0 Å². The van der Waals surface area contributed by atoms with Crippen LogP contribution in [-0.2, 0) is 5.60 Å². The van der Waals surface area contributed by atoms with Gasteiger partial charge in [0.05, 0.1) is 5.56 Å². The van der Waals surface area contributed by atoms with E-state index < -0.39 is 11.2 Å². The fraction of sp³-hybridized carbons (Fsp3) is 0.556. The fourth-order valence-corrected chi connectivity index (χ4v) is 4.15. The topological polar surface area (TPSA) is 69.9 Å². The summed E-state index contributed by atoms with van der Waals surface area (Å²) in [5.41, 5.74) is -0.372. The van der Waals surface area contributed by atoms with Gasteiger partial charge in [0.25, 0.3) is 0 Å². The number of phenols is 2. The van der Waals surface area contributed by atoms with Crippen molar-refractivity contribution >= 4 is 0 Å². The maximum atomic E-state index is 11.3. The van der Waals surface area contributed by atoms with E-state index in [0.29, 0.717) is 24.2 Å². The lowest BCUT2D eigenvalue weighted by Gasteiger charge is -2.48. The number of benzene rings is 1. The molecule has 4 heteroatoms. The van der Waals surface area contributed by atoms with Crippen molar-refractivity contribution in [2.45, 2.75) is 63.1 Å². The van der Waals surface area contributed by atoms with Gasteiger partial charge in [-0.25, -0.2) is 0 Å². The SMILES string of the molecule is C=C(C)CC1(O)CC2(CCCCC2)Oc2cc(O)cc(O)c21. The summed E-state index contributed by atoms with van der Waals surface area (Å²) in [6.45, 7) is 5.79. The van der Waals surface area contributed by atoms with E-state index in [1.165, 1.54) is 18.6 Å². The highest BCUT2D eigenvalue weighted by molar-refractivity contribution is 5.54. The van der Waals surface area contributed by atoms with Gasteiger partial charge in [-0.1, -0.05) is 12.0 Å². The number of aliphatic hydroxyl groups is 1. The maximum absolute atomic E-state index is 11.3. The lowest BCUT2D eigenvalue weighted by Crippen LogP contribution is -2.49. The van der Waals surface area contributed by atoms with Crippen LogP contribution in [0.5, 0.6) is 17.2 Å². The molecule has 0 bridgehead atoms. The minimum atomic E-state index is -1.20. The zero-order chi connectivity index (χ0) is 16.0. The standard InChI is InChI=1S/C18H24O4/c1-12(2)10-18(21)11-17(6-4-3-5-7-17)22-15-9-13(19)8-14(20)16(15)18/h8-9,19-21H,1,3-7,10-11H2,2H3. The second kappa shape index (κ2) is 5.20. The molecule has 3 rings (SSSR count). The van der Waals surface area contributed by atoms with E-state index in [4.69, 9.17) is 4.74 Å². The van der Waals surface area contributed by atoms with Crippen LogP contribution in [0.4, 0.5) is 0 Å². The highest BCUT2D eigenvalue weighted by Crippen LogP contribution is 2.54. The Hall–Kier alpha value is -1.68. The van der Waals surface area contributed by atoms with Crippen molar-refractivity contribution in [3.8, 4) is 17.2 Å². The van der Waals surface area contributed by atoms with Crippen molar-refractivity contribution in [3.05, 3.63) is 29.8 Å². The Bertz CT molecular complexity index is 601. The molecule has 22 heavy (non-hydrogen) atoms. The smallest absolute Gasteiger partial charge is 0.133 e. The lowest BCUT2D eigenvalue weighted by atomic mass is 9.70. The lowest BCUT2D eigenvalue weighted by molar-refractivity contribution is -0.0949. The van der Waals surface area contributed by atoms with Crippen LogP contribution < -0.4 is 4.74 Å². The van der Waals surface area contributed by atoms with Crippen LogP contribution in [0.15, 0.2) is 24.3 Å². The van der Waals surface area contributed by atoms with Crippen LogP contribution in [0.25, 0.3) is 0 Å². The molecule has 0 saturated heterocycles. The second-order valence-electron chi connectivity index (χ2n) is 7.03. The van der Waals surface area contributed by atoms with Crippen LogP contribution in [0.2, 0.25) is 0 Å². The number of ether oxygens (including phenoxy) is 1. The molecule has 1 aliphatic heterocycles. The zero-order valence-corrected chi connectivity index (χ0v) is 13.1. The number of phenolic OH excluding ortho intramolecular Hbond substituents is 2. The number of hydrogen-bond acceptors (Lipinski definition) is 4. The Balaban J connectivity index is 2.11. The minimum Gasteiger partial charge on any atom is -0.508 e. The first-order valence-corrected chi connectivity index (χ1v) is 7.96. The molecule has 120 valence electrons. The zero-order valence-electron chi connectivity index (χ0n) is 13.1. The highest BCUT2D eigenvalue weighted by atomic mass is 16.5. The molecule has 1 atom stereocenters. The van der Waals surface area contributed by atoms with Gasteiger partial charge in [0.1, 0.15) is 28.5 Å². The maximum Gasteiger partial charge on any atom is 0.133 e. The summed E-state index contributed by atoms with van der Waals surface area (Å²) in [5.74, 6) is 0.223. The normalized spacial score (nSPS) is 26.3. The van der Waals surface area contributed by atoms with E-state index in [1.807, 2.05) is 6.92 Å². The number of aromatic hydroxyl groups is 2. The Kier molecular flexibility index (Phi) is 3.60. The van der Waals surface area contributed by atoms with Gasteiger partial charge in [0, 0.05) is 25.0 Å². The molecule has 1 unspecified atom stereocenters. The van der Waals surface area contributed by atoms with Crippen molar-refractivity contribution in [1.29, 1.82) is 0 Å². The third-order valence-corrected chi connectivity index (χ3v) is 4.83. The summed E-state index contributed by atoms with van der Waals surface area (Å²) in [5, 5.41) is 31.3. The first-order valence-electron chi connectivity index (χ1n) is 7.96. The monoisotopic (exact) mass is 304 g/mol. The molecular formula is C18H24O4. The summed E-state index contributed by atoms with van der Waals surface area (Å²) < 4.78 is 6.19. The van der Waals surface area contributed by atoms with Gasteiger partial charge in [-0.2, -0.15) is 0 Å². The summed E-state index contributed by atoms with van der Waals surface area (Å²) in [6, 6.07) is 2.75. The molecular weight excluding hydrogens is 280 g/mol. The van der Waals surface area contributed by atoms with Crippen LogP contribution in [-0.4, -0.2) is 20.9 Å². The van der Waals surface area contributed by atoms with E-state index in [9.17, 15) is 15.3 Å². The molecule has 1 aromatic rings. The molecule has 2 aliphatic rings. The average Bonchev–Trinajstić information content (AvgIpc) is 2.35. The fourth-order valence-electron chi connectivity index (χ4n) is 4.15. The molecule has 4 nitrogen and oxygen atoms in total. The first-order chi connectivity index (χ1) is 10.3. The van der Waals surface area contributed by atoms with Crippen LogP contribution in [0.1, 0.15) is 57.4 Å². The molecule has 0 amide bonds. The van der Waals surface area contributed by atoms with E-state index in [-0.39, 0.29) is 11.5 Å². The molecule has 1 heterocycles. The van der Waals surface area contributed by atoms with E-state index in [2.05, 4.69) is 6.58 Å². The van der Waals surface area contributed by atoms with Crippen molar-refractivity contribution < 1.29 is 20.1 Å². The Morgan fingerprint density at radius 1 is 1.23 bits per heavy atom. The number of fused-ring (bicyclic) bond motifs is 1. The quantitative estimate of drug-likeness (QED) is 0.728. The molecule has 1 aromatic carbocycles. The third-order valence-electron chi connectivity index (χ3n) is 4.83. The van der Waals surface area contributed by atoms with Crippen molar-refractivity contribution in [3.63, 3.8) is 0 Å². The Morgan fingerprint density at radius 2 is 1.91 bits per heavy atom. The molecule has 0 radical (unpaired) electrons. The van der Waals surface area contributed by atoms with E-state index in [1.54, 1.807) is 0 Å². The summed E-state index contributed by atoms with van der Waals surface area (Å²) in [7, 11) is 0. The molecule has 3 N–H and O–H groups in total. The van der Waals surface area contributed by atoms with Gasteiger partial charge in [-0.3, -0.25) is 0 Å². The highest BCUT2D eigenvalue weighted by Gasteiger charge is 2.50. The van der Waals surface area contributed by atoms with Crippen molar-refractivity contribution in [1.82, 2.24) is 0 Å². The predicted octanol–water partition coefficient (Wildman–Crippen LogP) is 3.74. The summed E-state index contributed by atoms with van der Waals surface area (Å²) in [6.07, 6.45) is 5.94. The molecule has 1 saturated carbocycles. The molecule has 1 spiro atoms. The van der Waals surface area contributed by atoms with Crippen LogP contribution in [0.3, 0.4) is 0 Å². The van der Waals surface area contributed by atoms with Gasteiger partial charge in [-0.05, 0) is 32.6 Å². The largest absolute Gasteiger partial charge is 0.508 e. The first kappa shape index (κ1) is 15.2. The number of rotatable bonds is 2. The van der Waals surface area contributed by atoms with Crippen molar-refractivity contribution in [2.24, 2.45) is 0 Å². The van der Waals surface area contributed by atoms with Gasteiger partial charge < -0.3 is 20.1 Å². The van der Waals surface area contributed by atoms with Crippen molar-refractivity contribution in [2.75, 3.05) is 0 Å². The molecule has 0 aromatic heterocycles. The van der Waals surface area contributed by atoms with E-state index in [0.717, 1.165) is 31.3 Å². The van der Waals surface area contributed by atoms with Gasteiger partial charge >= 0.3 is 0 Å². The average molecular weight is 304 g/mol. The summed E-state index contributed by atoms with van der Waals surface area (Å²) >= 11 is 0. The van der Waals surface area contributed by atoms with E-state index >= 15 is 0 Å². The van der Waals surface area contributed by atoms with Gasteiger partial charge in [0.2, 0.25) is 0 Å². The summed E-state index contributed by atoms with van der Waals surface area (Å²) in [4.78, 5) is 0. The van der Waals surface area contributed by atoms with Gasteiger partial charge in [-0.15, -0.1) is 6.58 Å². The Morgan fingerprint density at radius 3 is 2.55 bits per heavy atom.